The van der Waals surface area contributed by atoms with Crippen molar-refractivity contribution in [1.29, 1.82) is 0 Å². The first-order chi connectivity index (χ1) is 11.1. The van der Waals surface area contributed by atoms with E-state index >= 15 is 0 Å². The number of carboxylic acid groups (broad SMARTS) is 1. The predicted molar refractivity (Wildman–Crippen MR) is 88.8 cm³/mol. The summed E-state index contributed by atoms with van der Waals surface area (Å²) in [6, 6.07) is 12.3. The van der Waals surface area contributed by atoms with Crippen molar-refractivity contribution in [3.05, 3.63) is 59.4 Å². The van der Waals surface area contributed by atoms with E-state index in [2.05, 4.69) is 15.0 Å². The zero-order chi connectivity index (χ0) is 16.0. The first kappa shape index (κ1) is 13.7. The summed E-state index contributed by atoms with van der Waals surface area (Å²) in [6.07, 6.45) is 1.48. The molecule has 0 spiro atoms. The summed E-state index contributed by atoms with van der Waals surface area (Å²) in [5.74, 6) is -0.970. The number of hydrogen-bond acceptors (Lipinski definition) is 3. The summed E-state index contributed by atoms with van der Waals surface area (Å²) in [7, 11) is 0. The number of benzene rings is 2. The number of nitrogens with one attached hydrogen (secondary N) is 1. The quantitative estimate of drug-likeness (QED) is 0.581. The smallest absolute Gasteiger partial charge is 0.335 e. The maximum Gasteiger partial charge on any atom is 0.335 e. The lowest BCUT2D eigenvalue weighted by Crippen LogP contribution is -1.94. The molecule has 0 saturated carbocycles. The minimum Gasteiger partial charge on any atom is -0.478 e. The standard InChI is InChI=1S/C17H10ClN3O2/c18-11-3-1-2-9(6-11)15-14-12-7-10(17(22)23)4-5-13(12)21-16(14)20-8-19-15/h1-8H,(H,22,23)(H,19,20,21). The highest BCUT2D eigenvalue weighted by Gasteiger charge is 2.14. The summed E-state index contributed by atoms with van der Waals surface area (Å²) in [4.78, 5) is 23.1. The lowest BCUT2D eigenvalue weighted by molar-refractivity contribution is 0.0697. The Balaban J connectivity index is 2.10. The molecule has 2 aromatic heterocycles. The summed E-state index contributed by atoms with van der Waals surface area (Å²) in [6.45, 7) is 0. The number of halogens is 1. The maximum atomic E-state index is 11.2. The lowest BCUT2D eigenvalue weighted by Gasteiger charge is -2.03. The van der Waals surface area contributed by atoms with Crippen LogP contribution >= 0.6 is 11.6 Å². The third-order valence-electron chi connectivity index (χ3n) is 3.73. The molecule has 5 nitrogen and oxygen atoms in total. The number of H-pyrrole nitrogens is 1. The van der Waals surface area contributed by atoms with Crippen LogP contribution in [0.3, 0.4) is 0 Å². The third-order valence-corrected chi connectivity index (χ3v) is 3.97. The predicted octanol–water partition coefficient (Wildman–Crippen LogP) is 4.13. The Morgan fingerprint density at radius 2 is 2.00 bits per heavy atom. The molecule has 4 rings (SSSR count). The Hall–Kier alpha value is -2.92. The van der Waals surface area contributed by atoms with Gasteiger partial charge in [0.25, 0.3) is 0 Å². The molecule has 0 bridgehead atoms. The topological polar surface area (TPSA) is 78.9 Å². The maximum absolute atomic E-state index is 11.2. The fourth-order valence-electron chi connectivity index (χ4n) is 2.71. The summed E-state index contributed by atoms with van der Waals surface area (Å²) >= 11 is 6.08. The van der Waals surface area contributed by atoms with Crippen LogP contribution in [0, 0.1) is 0 Å². The largest absolute Gasteiger partial charge is 0.478 e. The molecule has 0 aliphatic rings. The van der Waals surface area contributed by atoms with Crippen LogP contribution in [0.1, 0.15) is 10.4 Å². The van der Waals surface area contributed by atoms with Crippen LogP contribution in [0.2, 0.25) is 5.02 Å². The van der Waals surface area contributed by atoms with Gasteiger partial charge in [-0.1, -0.05) is 23.7 Å². The fraction of sp³-hybridized carbons (Fsp3) is 0. The summed E-state index contributed by atoms with van der Waals surface area (Å²) < 4.78 is 0. The second-order valence-electron chi connectivity index (χ2n) is 5.15. The number of carboxylic acids is 1. The van der Waals surface area contributed by atoms with Crippen molar-refractivity contribution in [1.82, 2.24) is 15.0 Å². The van der Waals surface area contributed by atoms with Crippen LogP contribution in [-0.2, 0) is 0 Å². The van der Waals surface area contributed by atoms with Gasteiger partial charge in [0, 0.05) is 21.5 Å². The van der Waals surface area contributed by atoms with Gasteiger partial charge >= 0.3 is 5.97 Å². The van der Waals surface area contributed by atoms with Crippen molar-refractivity contribution in [2.75, 3.05) is 0 Å². The first-order valence-corrected chi connectivity index (χ1v) is 7.27. The van der Waals surface area contributed by atoms with E-state index in [0.29, 0.717) is 16.4 Å². The summed E-state index contributed by atoms with van der Waals surface area (Å²) in [5.41, 5.74) is 3.26. The van der Waals surface area contributed by atoms with Crippen LogP contribution in [0.25, 0.3) is 33.2 Å². The van der Waals surface area contributed by atoms with Crippen molar-refractivity contribution in [2.45, 2.75) is 0 Å². The normalized spacial score (nSPS) is 11.2. The zero-order valence-corrected chi connectivity index (χ0v) is 12.5. The Kier molecular flexibility index (Phi) is 3.02. The van der Waals surface area contributed by atoms with E-state index in [1.54, 1.807) is 24.3 Å². The number of carbonyl (C=O) groups is 1. The van der Waals surface area contributed by atoms with Gasteiger partial charge in [0.05, 0.1) is 16.6 Å². The molecule has 112 valence electrons. The van der Waals surface area contributed by atoms with Gasteiger partial charge in [0.15, 0.2) is 0 Å². The molecule has 0 fully saturated rings. The molecule has 0 saturated heterocycles. The molecule has 0 unspecified atom stereocenters. The average molecular weight is 324 g/mol. The van der Waals surface area contributed by atoms with Crippen LogP contribution in [0.4, 0.5) is 0 Å². The van der Waals surface area contributed by atoms with Gasteiger partial charge in [-0.3, -0.25) is 0 Å². The number of aromatic amines is 1. The highest BCUT2D eigenvalue weighted by atomic mass is 35.5. The molecule has 2 heterocycles. The molecular formula is C17H10ClN3O2. The van der Waals surface area contributed by atoms with E-state index in [1.165, 1.54) is 6.33 Å². The van der Waals surface area contributed by atoms with E-state index in [1.807, 2.05) is 18.2 Å². The number of aromatic nitrogens is 3. The van der Waals surface area contributed by atoms with E-state index in [-0.39, 0.29) is 5.56 Å². The SMILES string of the molecule is O=C(O)c1ccc2[nH]c3ncnc(-c4cccc(Cl)c4)c3c2c1. The monoisotopic (exact) mass is 323 g/mol. The minimum absolute atomic E-state index is 0.222. The van der Waals surface area contributed by atoms with Crippen molar-refractivity contribution in [2.24, 2.45) is 0 Å². The highest BCUT2D eigenvalue weighted by molar-refractivity contribution is 6.31. The fourth-order valence-corrected chi connectivity index (χ4v) is 2.90. The van der Waals surface area contributed by atoms with E-state index in [9.17, 15) is 9.90 Å². The third kappa shape index (κ3) is 2.22. The van der Waals surface area contributed by atoms with Crippen molar-refractivity contribution in [3.8, 4) is 11.3 Å². The van der Waals surface area contributed by atoms with Crippen molar-refractivity contribution in [3.63, 3.8) is 0 Å². The van der Waals surface area contributed by atoms with Crippen LogP contribution in [-0.4, -0.2) is 26.0 Å². The lowest BCUT2D eigenvalue weighted by atomic mass is 10.0. The van der Waals surface area contributed by atoms with Crippen molar-refractivity contribution >= 4 is 39.5 Å². The van der Waals surface area contributed by atoms with Gasteiger partial charge in [-0.05, 0) is 30.3 Å². The van der Waals surface area contributed by atoms with Crippen LogP contribution in [0.15, 0.2) is 48.8 Å². The van der Waals surface area contributed by atoms with E-state index in [4.69, 9.17) is 11.6 Å². The molecule has 4 aromatic rings. The molecule has 0 atom stereocenters. The van der Waals surface area contributed by atoms with Gasteiger partial charge in [-0.15, -0.1) is 0 Å². The molecule has 0 radical (unpaired) electrons. The van der Waals surface area contributed by atoms with Gasteiger partial charge in [0.1, 0.15) is 12.0 Å². The second-order valence-corrected chi connectivity index (χ2v) is 5.58. The summed E-state index contributed by atoms with van der Waals surface area (Å²) in [5, 5.41) is 11.4. The Labute approximate surface area is 135 Å². The van der Waals surface area contributed by atoms with Crippen LogP contribution in [0.5, 0.6) is 0 Å². The molecular weight excluding hydrogens is 314 g/mol. The molecule has 2 aromatic carbocycles. The van der Waals surface area contributed by atoms with E-state index < -0.39 is 5.97 Å². The van der Waals surface area contributed by atoms with Crippen LogP contribution < -0.4 is 0 Å². The Bertz CT molecular complexity index is 1070. The van der Waals surface area contributed by atoms with Gasteiger partial charge in [-0.25, -0.2) is 14.8 Å². The molecule has 0 aliphatic carbocycles. The number of aromatic carboxylic acids is 1. The number of hydrogen-bond donors (Lipinski definition) is 2. The molecule has 0 amide bonds. The highest BCUT2D eigenvalue weighted by Crippen LogP contribution is 2.33. The molecule has 2 N–H and O–H groups in total. The minimum atomic E-state index is -0.970. The van der Waals surface area contributed by atoms with Gasteiger partial charge in [0.2, 0.25) is 0 Å². The molecule has 6 heteroatoms. The number of fused-ring (bicyclic) bond motifs is 3. The molecule has 23 heavy (non-hydrogen) atoms. The Morgan fingerprint density at radius 3 is 2.78 bits per heavy atom. The average Bonchev–Trinajstić information content (AvgIpc) is 2.92. The van der Waals surface area contributed by atoms with Gasteiger partial charge in [-0.2, -0.15) is 0 Å². The number of nitrogens with zero attached hydrogens (tertiary/aromatic N) is 2. The Morgan fingerprint density at radius 1 is 1.13 bits per heavy atom. The zero-order valence-electron chi connectivity index (χ0n) is 11.7. The first-order valence-electron chi connectivity index (χ1n) is 6.89. The van der Waals surface area contributed by atoms with Crippen molar-refractivity contribution < 1.29 is 9.90 Å². The number of rotatable bonds is 2. The molecule has 0 aliphatic heterocycles. The second kappa shape index (κ2) is 5.07. The van der Waals surface area contributed by atoms with Gasteiger partial charge < -0.3 is 10.1 Å². The van der Waals surface area contributed by atoms with E-state index in [0.717, 1.165) is 21.9 Å².